The van der Waals surface area contributed by atoms with Gasteiger partial charge in [-0.2, -0.15) is 0 Å². The van der Waals surface area contributed by atoms with Crippen molar-refractivity contribution in [2.24, 2.45) is 17.8 Å². The van der Waals surface area contributed by atoms with Gasteiger partial charge in [-0.05, 0) is 37.1 Å². The van der Waals surface area contributed by atoms with E-state index in [-0.39, 0.29) is 12.2 Å². The number of nitrogens with zero attached hydrogens (tertiary/aromatic N) is 1. The molecular weight excluding hydrogens is 264 g/mol. The van der Waals surface area contributed by atoms with E-state index in [1.807, 2.05) is 0 Å². The van der Waals surface area contributed by atoms with Gasteiger partial charge in [0.05, 0.1) is 12.2 Å². The Morgan fingerprint density at radius 2 is 1.67 bits per heavy atom. The van der Waals surface area contributed by atoms with Gasteiger partial charge < -0.3 is 14.8 Å². The molecule has 4 heteroatoms. The van der Waals surface area contributed by atoms with E-state index in [9.17, 15) is 0 Å². The van der Waals surface area contributed by atoms with Crippen LogP contribution in [0.5, 0.6) is 0 Å². The first-order chi connectivity index (χ1) is 10.1. The summed E-state index contributed by atoms with van der Waals surface area (Å²) in [6.45, 7) is 11.3. The summed E-state index contributed by atoms with van der Waals surface area (Å²) in [6.07, 6.45) is 3.13. The Hall–Kier alpha value is -0.160. The molecule has 2 fully saturated rings. The first kappa shape index (κ1) is 17.2. The van der Waals surface area contributed by atoms with E-state index >= 15 is 0 Å². The number of hydrogen-bond acceptors (Lipinski definition) is 4. The summed E-state index contributed by atoms with van der Waals surface area (Å²) in [5, 5.41) is 3.73. The summed E-state index contributed by atoms with van der Waals surface area (Å²) in [4.78, 5) is 2.55. The zero-order valence-electron chi connectivity index (χ0n) is 14.5. The monoisotopic (exact) mass is 298 g/mol. The minimum Gasteiger partial charge on any atom is -0.377 e. The predicted octanol–water partition coefficient (Wildman–Crippen LogP) is 1.99. The molecule has 1 N–H and O–H groups in total. The van der Waals surface area contributed by atoms with Crippen LogP contribution in [0.15, 0.2) is 0 Å². The van der Waals surface area contributed by atoms with Crippen LogP contribution in [0, 0.1) is 17.8 Å². The van der Waals surface area contributed by atoms with E-state index in [4.69, 9.17) is 9.47 Å². The number of methoxy groups -OCH3 is 2. The lowest BCUT2D eigenvalue weighted by Gasteiger charge is -2.42. The van der Waals surface area contributed by atoms with Crippen molar-refractivity contribution in [2.75, 3.05) is 40.4 Å². The van der Waals surface area contributed by atoms with Gasteiger partial charge in [0.1, 0.15) is 0 Å². The topological polar surface area (TPSA) is 33.7 Å². The molecule has 1 aliphatic heterocycles. The van der Waals surface area contributed by atoms with Crippen LogP contribution in [0.3, 0.4) is 0 Å². The van der Waals surface area contributed by atoms with Gasteiger partial charge in [-0.1, -0.05) is 20.8 Å². The maximum absolute atomic E-state index is 5.57. The summed E-state index contributed by atoms with van der Waals surface area (Å²) < 4.78 is 11.1. The van der Waals surface area contributed by atoms with Crippen LogP contribution in [0.1, 0.15) is 33.6 Å². The van der Waals surface area contributed by atoms with Gasteiger partial charge in [0.25, 0.3) is 0 Å². The van der Waals surface area contributed by atoms with E-state index in [1.54, 1.807) is 14.2 Å². The molecule has 1 saturated carbocycles. The molecule has 1 heterocycles. The number of hydrogen-bond donors (Lipinski definition) is 1. The Bertz CT molecular complexity index is 301. The van der Waals surface area contributed by atoms with E-state index < -0.39 is 0 Å². The molecule has 1 aliphatic carbocycles. The standard InChI is InChI=1S/C17H34N2O2/c1-6-18-15-8-12(2)7-13(3)14(15)9-19-10-16(20-4)17(11-19)21-5/h12-18H,6-11H2,1-5H3. The van der Waals surface area contributed by atoms with Crippen LogP contribution in [0.25, 0.3) is 0 Å². The lowest BCUT2D eigenvalue weighted by Crippen LogP contribution is -2.48. The largest absolute Gasteiger partial charge is 0.377 e. The van der Waals surface area contributed by atoms with Crippen molar-refractivity contribution in [1.82, 2.24) is 10.2 Å². The number of nitrogens with one attached hydrogen (secondary N) is 1. The Kier molecular flexibility index (Phi) is 6.48. The van der Waals surface area contributed by atoms with Crippen molar-refractivity contribution in [1.29, 1.82) is 0 Å². The Balaban J connectivity index is 1.96. The van der Waals surface area contributed by atoms with Crippen LogP contribution < -0.4 is 5.32 Å². The van der Waals surface area contributed by atoms with Crippen molar-refractivity contribution in [2.45, 2.75) is 51.9 Å². The minimum atomic E-state index is 0.227. The molecule has 6 unspecified atom stereocenters. The van der Waals surface area contributed by atoms with Gasteiger partial charge in [0.2, 0.25) is 0 Å². The zero-order valence-corrected chi connectivity index (χ0v) is 14.5. The minimum absolute atomic E-state index is 0.227. The first-order valence-corrected chi connectivity index (χ1v) is 8.60. The second-order valence-corrected chi connectivity index (χ2v) is 7.15. The average molecular weight is 298 g/mol. The van der Waals surface area contributed by atoms with Gasteiger partial charge in [-0.25, -0.2) is 0 Å². The van der Waals surface area contributed by atoms with Crippen molar-refractivity contribution in [3.8, 4) is 0 Å². The van der Waals surface area contributed by atoms with Crippen LogP contribution in [0.2, 0.25) is 0 Å². The smallest absolute Gasteiger partial charge is 0.0971 e. The van der Waals surface area contributed by atoms with Gasteiger partial charge >= 0.3 is 0 Å². The molecule has 0 amide bonds. The summed E-state index contributed by atoms with van der Waals surface area (Å²) >= 11 is 0. The van der Waals surface area contributed by atoms with Crippen molar-refractivity contribution < 1.29 is 9.47 Å². The van der Waals surface area contributed by atoms with Gasteiger partial charge in [0.15, 0.2) is 0 Å². The average Bonchev–Trinajstić information content (AvgIpc) is 2.85. The van der Waals surface area contributed by atoms with Crippen molar-refractivity contribution >= 4 is 0 Å². The maximum Gasteiger partial charge on any atom is 0.0971 e. The molecular formula is C17H34N2O2. The van der Waals surface area contributed by atoms with Crippen molar-refractivity contribution in [3.63, 3.8) is 0 Å². The highest BCUT2D eigenvalue weighted by Crippen LogP contribution is 2.35. The summed E-state index contributed by atoms with van der Waals surface area (Å²) in [5.41, 5.74) is 0. The Morgan fingerprint density at radius 3 is 2.19 bits per heavy atom. The fourth-order valence-corrected chi connectivity index (χ4v) is 4.43. The molecule has 21 heavy (non-hydrogen) atoms. The van der Waals surface area contributed by atoms with Gasteiger partial charge in [-0.15, -0.1) is 0 Å². The molecule has 2 rings (SSSR count). The Labute approximate surface area is 130 Å². The highest BCUT2D eigenvalue weighted by molar-refractivity contribution is 4.93. The molecule has 6 atom stereocenters. The molecule has 0 aromatic carbocycles. The van der Waals surface area contributed by atoms with E-state index in [0.29, 0.717) is 6.04 Å². The normalized spacial score (nSPS) is 41.6. The fourth-order valence-electron chi connectivity index (χ4n) is 4.43. The number of rotatable bonds is 6. The van der Waals surface area contributed by atoms with Crippen LogP contribution in [-0.4, -0.2) is 63.5 Å². The van der Waals surface area contributed by atoms with Crippen LogP contribution >= 0.6 is 0 Å². The predicted molar refractivity (Wildman–Crippen MR) is 86.6 cm³/mol. The molecule has 4 nitrogen and oxygen atoms in total. The second kappa shape index (κ2) is 7.91. The highest BCUT2D eigenvalue weighted by Gasteiger charge is 2.38. The summed E-state index contributed by atoms with van der Waals surface area (Å²) in [7, 11) is 3.60. The van der Waals surface area contributed by atoms with Crippen LogP contribution in [0.4, 0.5) is 0 Å². The van der Waals surface area contributed by atoms with E-state index in [2.05, 4.69) is 31.0 Å². The number of ether oxygens (including phenoxy) is 2. The highest BCUT2D eigenvalue weighted by atomic mass is 16.5. The van der Waals surface area contributed by atoms with Crippen molar-refractivity contribution in [3.05, 3.63) is 0 Å². The molecule has 124 valence electrons. The SMILES string of the molecule is CCNC1CC(C)CC(C)C1CN1CC(OC)C(OC)C1. The lowest BCUT2D eigenvalue weighted by molar-refractivity contribution is -0.00461. The molecule has 0 aromatic heterocycles. The molecule has 0 radical (unpaired) electrons. The molecule has 0 aromatic rings. The molecule has 2 aliphatic rings. The third-order valence-electron chi connectivity index (χ3n) is 5.51. The summed E-state index contributed by atoms with van der Waals surface area (Å²) in [5.74, 6) is 2.38. The fraction of sp³-hybridized carbons (Fsp3) is 1.00. The van der Waals surface area contributed by atoms with Crippen LogP contribution in [-0.2, 0) is 9.47 Å². The molecule has 0 bridgehead atoms. The molecule has 0 spiro atoms. The quantitative estimate of drug-likeness (QED) is 0.813. The second-order valence-electron chi connectivity index (χ2n) is 7.15. The summed E-state index contributed by atoms with van der Waals surface area (Å²) in [6, 6.07) is 0.663. The Morgan fingerprint density at radius 1 is 1.05 bits per heavy atom. The first-order valence-electron chi connectivity index (χ1n) is 8.60. The van der Waals surface area contributed by atoms with E-state index in [1.165, 1.54) is 19.4 Å². The molecule has 1 saturated heterocycles. The lowest BCUT2D eigenvalue weighted by atomic mass is 9.72. The van der Waals surface area contributed by atoms with E-state index in [0.717, 1.165) is 37.4 Å². The third kappa shape index (κ3) is 4.19. The zero-order chi connectivity index (χ0) is 15.4. The van der Waals surface area contributed by atoms with Gasteiger partial charge in [0, 0.05) is 39.9 Å². The number of likely N-dealkylation sites (tertiary alicyclic amines) is 1. The maximum atomic E-state index is 5.57. The third-order valence-corrected chi connectivity index (χ3v) is 5.51. The van der Waals surface area contributed by atoms with Gasteiger partial charge in [-0.3, -0.25) is 4.90 Å².